The van der Waals surface area contributed by atoms with Crippen LogP contribution in [-0.4, -0.2) is 24.0 Å². The van der Waals surface area contributed by atoms with E-state index in [4.69, 9.17) is 4.18 Å². The summed E-state index contributed by atoms with van der Waals surface area (Å²) >= 11 is -1.70. The van der Waals surface area contributed by atoms with Crippen molar-refractivity contribution in [2.24, 2.45) is 0 Å². The van der Waals surface area contributed by atoms with E-state index in [1.165, 1.54) is 0 Å². The maximum atomic E-state index is 12.3. The van der Waals surface area contributed by atoms with Gasteiger partial charge < -0.3 is 4.18 Å². The number of aryl methyl sites for hydroxylation is 2. The zero-order chi connectivity index (χ0) is 21.5. The molecular weight excluding hydrogens is 398 g/mol. The molecule has 0 radical (unpaired) electrons. The molecule has 156 valence electrons. The Labute approximate surface area is 178 Å². The summed E-state index contributed by atoms with van der Waals surface area (Å²) < 4.78 is 22.4. The molecule has 2 N–H and O–H groups in total. The van der Waals surface area contributed by atoms with Gasteiger partial charge in [-0.1, -0.05) is 32.9 Å². The monoisotopic (exact) mass is 423 g/mol. The molecule has 7 nitrogen and oxygen atoms in total. The molecule has 0 aliphatic heterocycles. The normalized spacial score (nSPS) is 12.8. The molecule has 4 rings (SSSR count). The topological polar surface area (TPSA) is 84.3 Å². The maximum absolute atomic E-state index is 12.3. The standard InChI is InChI=1S/C22H25N5O2S/c1-14-6-7-15(2)18(12-14)29-30(28)26-17-10-8-16(9-11-17)21-23-20-13-19(22(3,4)5)24-27(20)25-21/h6-13,24,26H,1-5H3. The first-order valence-electron chi connectivity index (χ1n) is 9.70. The van der Waals surface area contributed by atoms with Gasteiger partial charge in [-0.25, -0.2) is 4.98 Å². The number of anilines is 1. The molecule has 0 spiro atoms. The summed E-state index contributed by atoms with van der Waals surface area (Å²) in [5.41, 5.74) is 5.40. The van der Waals surface area contributed by atoms with Gasteiger partial charge in [0.15, 0.2) is 11.5 Å². The highest BCUT2D eigenvalue weighted by atomic mass is 32.2. The van der Waals surface area contributed by atoms with Crippen LogP contribution in [0.1, 0.15) is 37.6 Å². The minimum Gasteiger partial charge on any atom is -0.385 e. The van der Waals surface area contributed by atoms with E-state index in [1.807, 2.05) is 62.4 Å². The third-order valence-corrected chi connectivity index (χ3v) is 5.53. The van der Waals surface area contributed by atoms with E-state index in [0.717, 1.165) is 28.0 Å². The molecule has 0 saturated carbocycles. The third kappa shape index (κ3) is 4.23. The predicted molar refractivity (Wildman–Crippen MR) is 120 cm³/mol. The fraction of sp³-hybridized carbons (Fsp3) is 0.273. The Bertz CT molecular complexity index is 1190. The molecule has 1 atom stereocenters. The maximum Gasteiger partial charge on any atom is 0.316 e. The molecule has 1 unspecified atom stereocenters. The molecule has 0 saturated heterocycles. The summed E-state index contributed by atoms with van der Waals surface area (Å²) in [6.45, 7) is 10.3. The number of nitrogens with one attached hydrogen (secondary N) is 2. The lowest BCUT2D eigenvalue weighted by Crippen LogP contribution is -2.12. The summed E-state index contributed by atoms with van der Waals surface area (Å²) in [5, 5.41) is 7.80. The number of nitrogens with zero attached hydrogens (tertiary/aromatic N) is 3. The Morgan fingerprint density at radius 1 is 1.07 bits per heavy atom. The first-order valence-corrected chi connectivity index (χ1v) is 10.8. The van der Waals surface area contributed by atoms with E-state index in [-0.39, 0.29) is 5.41 Å². The van der Waals surface area contributed by atoms with Crippen LogP contribution in [0.3, 0.4) is 0 Å². The van der Waals surface area contributed by atoms with Crippen molar-refractivity contribution in [1.29, 1.82) is 0 Å². The minimum atomic E-state index is -1.70. The van der Waals surface area contributed by atoms with Crippen LogP contribution >= 0.6 is 0 Å². The van der Waals surface area contributed by atoms with Crippen molar-refractivity contribution in [3.05, 3.63) is 65.4 Å². The number of rotatable bonds is 5. The Morgan fingerprint density at radius 3 is 2.47 bits per heavy atom. The minimum absolute atomic E-state index is 0.00453. The second-order valence-corrected chi connectivity index (χ2v) is 9.23. The average molecular weight is 424 g/mol. The highest BCUT2D eigenvalue weighted by Gasteiger charge is 2.18. The summed E-state index contributed by atoms with van der Waals surface area (Å²) in [4.78, 5) is 4.60. The molecule has 0 amide bonds. The number of hydrogen-bond acceptors (Lipinski definition) is 4. The number of H-pyrrole nitrogens is 1. The lowest BCUT2D eigenvalue weighted by molar-refractivity contribution is 0.557. The Kier molecular flexibility index (Phi) is 5.11. The van der Waals surface area contributed by atoms with Crippen LogP contribution in [0.2, 0.25) is 0 Å². The molecule has 0 aliphatic carbocycles. The van der Waals surface area contributed by atoms with Crippen molar-refractivity contribution in [1.82, 2.24) is 19.8 Å². The van der Waals surface area contributed by atoms with E-state index < -0.39 is 11.3 Å². The molecule has 0 fully saturated rings. The predicted octanol–water partition coefficient (Wildman–Crippen LogP) is 4.71. The third-order valence-electron chi connectivity index (χ3n) is 4.79. The molecule has 2 aromatic carbocycles. The number of benzene rings is 2. The highest BCUT2D eigenvalue weighted by Crippen LogP contribution is 2.24. The van der Waals surface area contributed by atoms with Crippen LogP contribution in [0, 0.1) is 13.8 Å². The van der Waals surface area contributed by atoms with E-state index in [2.05, 4.69) is 40.7 Å². The molecule has 2 heterocycles. The Morgan fingerprint density at radius 2 is 1.80 bits per heavy atom. The number of aromatic amines is 1. The Balaban J connectivity index is 1.46. The zero-order valence-corrected chi connectivity index (χ0v) is 18.5. The van der Waals surface area contributed by atoms with Gasteiger partial charge in [-0.15, -0.1) is 5.10 Å². The van der Waals surface area contributed by atoms with E-state index >= 15 is 0 Å². The summed E-state index contributed by atoms with van der Waals surface area (Å²) in [7, 11) is 0. The molecule has 4 aromatic rings. The molecule has 0 aliphatic rings. The average Bonchev–Trinajstić information content (AvgIpc) is 3.24. The van der Waals surface area contributed by atoms with Gasteiger partial charge in [0, 0.05) is 28.4 Å². The van der Waals surface area contributed by atoms with Gasteiger partial charge in [-0.05, 0) is 55.3 Å². The lowest BCUT2D eigenvalue weighted by atomic mass is 9.93. The van der Waals surface area contributed by atoms with Gasteiger partial charge >= 0.3 is 11.3 Å². The van der Waals surface area contributed by atoms with E-state index in [0.29, 0.717) is 17.3 Å². The lowest BCUT2D eigenvalue weighted by Gasteiger charge is -2.14. The highest BCUT2D eigenvalue weighted by molar-refractivity contribution is 7.81. The van der Waals surface area contributed by atoms with Gasteiger partial charge in [0.05, 0.1) is 0 Å². The van der Waals surface area contributed by atoms with E-state index in [9.17, 15) is 4.21 Å². The molecule has 8 heteroatoms. The van der Waals surface area contributed by atoms with Crippen LogP contribution in [0.5, 0.6) is 5.75 Å². The second-order valence-electron chi connectivity index (χ2n) is 8.39. The number of aromatic nitrogens is 4. The first-order chi connectivity index (χ1) is 14.2. The van der Waals surface area contributed by atoms with Gasteiger partial charge in [0.25, 0.3) is 0 Å². The van der Waals surface area contributed by atoms with Crippen LogP contribution in [0.15, 0.2) is 48.5 Å². The zero-order valence-electron chi connectivity index (χ0n) is 17.7. The fourth-order valence-corrected chi connectivity index (χ4v) is 3.68. The fourth-order valence-electron chi connectivity index (χ4n) is 2.96. The van der Waals surface area contributed by atoms with Gasteiger partial charge in [-0.2, -0.15) is 8.84 Å². The van der Waals surface area contributed by atoms with E-state index in [1.54, 1.807) is 4.63 Å². The number of fused-ring (bicyclic) bond motifs is 1. The summed E-state index contributed by atoms with van der Waals surface area (Å²) in [6, 6.07) is 15.3. The smallest absolute Gasteiger partial charge is 0.316 e. The van der Waals surface area contributed by atoms with Crippen LogP contribution in [-0.2, 0) is 16.7 Å². The van der Waals surface area contributed by atoms with Crippen molar-refractivity contribution >= 4 is 22.6 Å². The van der Waals surface area contributed by atoms with Crippen molar-refractivity contribution < 1.29 is 8.39 Å². The van der Waals surface area contributed by atoms with Crippen molar-refractivity contribution in [2.45, 2.75) is 40.0 Å². The van der Waals surface area contributed by atoms with Crippen LogP contribution < -0.4 is 8.91 Å². The Hall–Kier alpha value is -3.13. The summed E-state index contributed by atoms with van der Waals surface area (Å²) in [5.74, 6) is 1.23. The molecule has 0 bridgehead atoms. The van der Waals surface area contributed by atoms with Gasteiger partial charge in [0.1, 0.15) is 5.75 Å². The molecule has 30 heavy (non-hydrogen) atoms. The molecule has 2 aromatic heterocycles. The first kappa shape index (κ1) is 20.2. The summed E-state index contributed by atoms with van der Waals surface area (Å²) in [6.07, 6.45) is 0. The molecular formula is C22H25N5O2S. The quantitative estimate of drug-likeness (QED) is 0.487. The van der Waals surface area contributed by atoms with Gasteiger partial charge in [-0.3, -0.25) is 9.82 Å². The van der Waals surface area contributed by atoms with Crippen molar-refractivity contribution in [3.63, 3.8) is 0 Å². The van der Waals surface area contributed by atoms with Crippen LogP contribution in [0.4, 0.5) is 5.69 Å². The van der Waals surface area contributed by atoms with Gasteiger partial charge in [0.2, 0.25) is 0 Å². The van der Waals surface area contributed by atoms with Crippen molar-refractivity contribution in [3.8, 4) is 17.1 Å². The van der Waals surface area contributed by atoms with Crippen LogP contribution in [0.25, 0.3) is 17.0 Å². The SMILES string of the molecule is Cc1ccc(C)c(OS(=O)Nc2ccc(-c3nc4cc(C(C)(C)C)[nH]n4n3)cc2)c1. The van der Waals surface area contributed by atoms with Crippen molar-refractivity contribution in [2.75, 3.05) is 4.72 Å². The second kappa shape index (κ2) is 7.60. The largest absolute Gasteiger partial charge is 0.385 e. The number of hydrogen-bond donors (Lipinski definition) is 2.